The zero-order valence-corrected chi connectivity index (χ0v) is 16.5. The molecule has 144 valence electrons. The minimum Gasteiger partial charge on any atom is -0.383 e. The number of thioether (sulfide) groups is 1. The monoisotopic (exact) mass is 418 g/mol. The van der Waals surface area contributed by atoms with Crippen molar-refractivity contribution in [3.8, 4) is 11.5 Å². The van der Waals surface area contributed by atoms with Gasteiger partial charge in [0.2, 0.25) is 0 Å². The molecule has 0 atom stereocenters. The quantitative estimate of drug-likeness (QED) is 0.401. The number of aromatic nitrogens is 4. The molecule has 0 aliphatic heterocycles. The molecule has 0 amide bonds. The summed E-state index contributed by atoms with van der Waals surface area (Å²) in [6.45, 7) is 1.24. The molecule has 4 rings (SSSR count). The number of halogens is 2. The first kappa shape index (κ1) is 18.9. The van der Waals surface area contributed by atoms with Crippen molar-refractivity contribution in [3.63, 3.8) is 0 Å². The van der Waals surface area contributed by atoms with Crippen LogP contribution in [0, 0.1) is 5.82 Å². The summed E-state index contributed by atoms with van der Waals surface area (Å²) >= 11 is 7.59. The lowest BCUT2D eigenvalue weighted by Crippen LogP contribution is -2.05. The number of rotatable bonds is 7. The second kappa shape index (κ2) is 8.30. The maximum atomic E-state index is 13.1. The van der Waals surface area contributed by atoms with Crippen LogP contribution in [0.5, 0.6) is 0 Å². The second-order valence-corrected chi connectivity index (χ2v) is 7.36. The van der Waals surface area contributed by atoms with Crippen LogP contribution in [0.15, 0.2) is 52.1 Å². The highest BCUT2D eigenvalue weighted by molar-refractivity contribution is 7.98. The van der Waals surface area contributed by atoms with E-state index in [1.165, 1.54) is 23.9 Å². The van der Waals surface area contributed by atoms with Gasteiger partial charge in [-0.15, -0.1) is 0 Å². The Bertz CT molecular complexity index is 1100. The fourth-order valence-corrected chi connectivity index (χ4v) is 3.79. The zero-order valence-electron chi connectivity index (χ0n) is 14.9. The molecule has 2 heterocycles. The standard InChI is InChI=1S/C19H16ClFN4O2S/c1-26-9-8-25-16-7-4-13(20)10-15(16)22-19(25)28-11-17-23-18(27-24-17)12-2-5-14(21)6-3-12/h2-7,10H,8-9,11H2,1H3. The van der Waals surface area contributed by atoms with Crippen LogP contribution in [-0.4, -0.2) is 33.4 Å². The first-order chi connectivity index (χ1) is 13.6. The van der Waals surface area contributed by atoms with Crippen LogP contribution < -0.4 is 0 Å². The van der Waals surface area contributed by atoms with Crippen LogP contribution >= 0.6 is 23.4 Å². The Morgan fingerprint density at radius 3 is 2.79 bits per heavy atom. The Balaban J connectivity index is 1.54. The molecule has 2 aromatic carbocycles. The largest absolute Gasteiger partial charge is 0.383 e. The van der Waals surface area contributed by atoms with Gasteiger partial charge in [-0.05, 0) is 42.5 Å². The Hall–Kier alpha value is -2.42. The normalized spacial score (nSPS) is 11.4. The number of imidazole rings is 1. The summed E-state index contributed by atoms with van der Waals surface area (Å²) in [5.41, 5.74) is 2.49. The third kappa shape index (κ3) is 4.04. The van der Waals surface area contributed by atoms with Crippen molar-refractivity contribution in [1.82, 2.24) is 19.7 Å². The number of fused-ring (bicyclic) bond motifs is 1. The molecule has 0 saturated heterocycles. The van der Waals surface area contributed by atoms with E-state index in [2.05, 4.69) is 19.7 Å². The van der Waals surface area contributed by atoms with Gasteiger partial charge >= 0.3 is 0 Å². The van der Waals surface area contributed by atoms with Crippen LogP contribution in [0.3, 0.4) is 0 Å². The van der Waals surface area contributed by atoms with E-state index in [0.717, 1.165) is 16.2 Å². The molecule has 2 aromatic heterocycles. The van der Waals surface area contributed by atoms with Crippen molar-refractivity contribution >= 4 is 34.4 Å². The minimum atomic E-state index is -0.311. The Morgan fingerprint density at radius 1 is 1.18 bits per heavy atom. The molecular weight excluding hydrogens is 403 g/mol. The second-order valence-electron chi connectivity index (χ2n) is 5.98. The molecule has 6 nitrogen and oxygen atoms in total. The molecule has 0 radical (unpaired) electrons. The van der Waals surface area contributed by atoms with E-state index < -0.39 is 0 Å². The van der Waals surface area contributed by atoms with Crippen LogP contribution in [0.2, 0.25) is 5.02 Å². The van der Waals surface area contributed by atoms with Crippen molar-refractivity contribution in [2.75, 3.05) is 13.7 Å². The maximum Gasteiger partial charge on any atom is 0.257 e. The SMILES string of the molecule is COCCn1c(SCc2noc(-c3ccc(F)cc3)n2)nc2cc(Cl)ccc21. The van der Waals surface area contributed by atoms with Gasteiger partial charge in [0, 0.05) is 24.2 Å². The summed E-state index contributed by atoms with van der Waals surface area (Å²) in [5.74, 6) is 1.06. The molecule has 0 aliphatic carbocycles. The predicted octanol–water partition coefficient (Wildman–Crippen LogP) is 4.82. The molecule has 0 spiro atoms. The van der Waals surface area contributed by atoms with Crippen molar-refractivity contribution in [2.24, 2.45) is 0 Å². The number of ether oxygens (including phenoxy) is 1. The van der Waals surface area contributed by atoms with Crippen LogP contribution in [-0.2, 0) is 17.0 Å². The Kier molecular flexibility index (Phi) is 5.61. The fourth-order valence-electron chi connectivity index (χ4n) is 2.74. The van der Waals surface area contributed by atoms with E-state index in [-0.39, 0.29) is 5.82 Å². The fraction of sp³-hybridized carbons (Fsp3) is 0.211. The van der Waals surface area contributed by atoms with Gasteiger partial charge in [0.1, 0.15) is 5.82 Å². The first-order valence-electron chi connectivity index (χ1n) is 8.50. The highest BCUT2D eigenvalue weighted by Crippen LogP contribution is 2.28. The smallest absolute Gasteiger partial charge is 0.257 e. The van der Waals surface area contributed by atoms with Crippen molar-refractivity contribution in [2.45, 2.75) is 17.5 Å². The third-order valence-corrected chi connectivity index (χ3v) is 5.29. The molecule has 28 heavy (non-hydrogen) atoms. The van der Waals surface area contributed by atoms with Gasteiger partial charge in [-0.3, -0.25) is 0 Å². The molecule has 9 heteroatoms. The van der Waals surface area contributed by atoms with Gasteiger partial charge in [0.15, 0.2) is 11.0 Å². The predicted molar refractivity (Wildman–Crippen MR) is 106 cm³/mol. The van der Waals surface area contributed by atoms with Crippen molar-refractivity contribution in [1.29, 1.82) is 0 Å². The third-order valence-electron chi connectivity index (χ3n) is 4.08. The summed E-state index contributed by atoms with van der Waals surface area (Å²) in [7, 11) is 1.67. The van der Waals surface area contributed by atoms with Crippen LogP contribution in [0.1, 0.15) is 5.82 Å². The van der Waals surface area contributed by atoms with Gasteiger partial charge in [-0.2, -0.15) is 4.98 Å². The highest BCUT2D eigenvalue weighted by Gasteiger charge is 2.14. The lowest BCUT2D eigenvalue weighted by Gasteiger charge is -2.07. The average molecular weight is 419 g/mol. The average Bonchev–Trinajstić information content (AvgIpc) is 3.29. The summed E-state index contributed by atoms with van der Waals surface area (Å²) in [4.78, 5) is 9.06. The Morgan fingerprint density at radius 2 is 2.00 bits per heavy atom. The molecule has 0 saturated carbocycles. The first-order valence-corrected chi connectivity index (χ1v) is 9.86. The molecule has 0 unspecified atom stereocenters. The lowest BCUT2D eigenvalue weighted by molar-refractivity contribution is 0.186. The zero-order chi connectivity index (χ0) is 19.5. The van der Waals surface area contributed by atoms with Gasteiger partial charge in [-0.1, -0.05) is 28.5 Å². The number of benzene rings is 2. The van der Waals surface area contributed by atoms with Crippen molar-refractivity contribution < 1.29 is 13.7 Å². The number of hydrogen-bond donors (Lipinski definition) is 0. The summed E-state index contributed by atoms with van der Waals surface area (Å²) in [6.07, 6.45) is 0. The van der Waals surface area contributed by atoms with E-state index in [4.69, 9.17) is 20.9 Å². The van der Waals surface area contributed by atoms with E-state index >= 15 is 0 Å². The lowest BCUT2D eigenvalue weighted by atomic mass is 10.2. The Labute approximate surface area is 169 Å². The van der Waals surface area contributed by atoms with Crippen LogP contribution in [0.25, 0.3) is 22.5 Å². The van der Waals surface area contributed by atoms with Crippen LogP contribution in [0.4, 0.5) is 4.39 Å². The van der Waals surface area contributed by atoms with Gasteiger partial charge in [-0.25, -0.2) is 9.37 Å². The topological polar surface area (TPSA) is 66.0 Å². The number of hydrogen-bond acceptors (Lipinski definition) is 6. The van der Waals surface area contributed by atoms with E-state index in [0.29, 0.717) is 41.2 Å². The number of nitrogens with zero attached hydrogens (tertiary/aromatic N) is 4. The molecule has 0 aliphatic rings. The summed E-state index contributed by atoms with van der Waals surface area (Å²) in [5, 5.41) is 5.47. The summed E-state index contributed by atoms with van der Waals surface area (Å²) in [6, 6.07) is 11.6. The molecule has 0 N–H and O–H groups in total. The highest BCUT2D eigenvalue weighted by atomic mass is 35.5. The van der Waals surface area contributed by atoms with Gasteiger partial charge < -0.3 is 13.8 Å². The molecule has 0 fully saturated rings. The molecule has 0 bridgehead atoms. The van der Waals surface area contributed by atoms with Gasteiger partial charge in [0.05, 0.1) is 23.4 Å². The van der Waals surface area contributed by atoms with E-state index in [1.807, 2.05) is 18.2 Å². The number of methoxy groups -OCH3 is 1. The van der Waals surface area contributed by atoms with E-state index in [1.54, 1.807) is 19.2 Å². The van der Waals surface area contributed by atoms with E-state index in [9.17, 15) is 4.39 Å². The molecule has 4 aromatic rings. The minimum absolute atomic E-state index is 0.311. The van der Waals surface area contributed by atoms with Gasteiger partial charge in [0.25, 0.3) is 5.89 Å². The summed E-state index contributed by atoms with van der Waals surface area (Å²) < 4.78 is 25.6. The van der Waals surface area contributed by atoms with Crippen molar-refractivity contribution in [3.05, 3.63) is 59.1 Å². The maximum absolute atomic E-state index is 13.1. The molecular formula is C19H16ClFN4O2S.